The second-order valence-electron chi connectivity index (χ2n) is 7.08. The van der Waals surface area contributed by atoms with Crippen molar-refractivity contribution in [1.82, 2.24) is 19.5 Å². The van der Waals surface area contributed by atoms with Gasteiger partial charge in [0.05, 0.1) is 16.3 Å². The second-order valence-corrected chi connectivity index (χ2v) is 8.39. The fraction of sp³-hybridized carbons (Fsp3) is 0.174. The number of aliphatic hydroxyl groups is 1. The fourth-order valence-corrected chi connectivity index (χ4v) is 4.12. The molecule has 2 aromatic heterocycles. The molecule has 0 radical (unpaired) electrons. The number of thioether (sulfide) groups is 1. The normalized spacial score (nSPS) is 13.1. The summed E-state index contributed by atoms with van der Waals surface area (Å²) >= 11 is 1.39. The molecule has 150 valence electrons. The molecule has 1 atom stereocenters. The highest BCUT2D eigenvalue weighted by atomic mass is 32.2. The molecule has 0 bridgehead atoms. The van der Waals surface area contributed by atoms with Gasteiger partial charge >= 0.3 is 0 Å². The number of rotatable bonds is 5. The Morgan fingerprint density at radius 1 is 1.20 bits per heavy atom. The van der Waals surface area contributed by atoms with Crippen molar-refractivity contribution in [2.75, 3.05) is 0 Å². The molecule has 7 heteroatoms. The first kappa shape index (κ1) is 19.8. The van der Waals surface area contributed by atoms with Gasteiger partial charge in [-0.1, -0.05) is 30.0 Å². The summed E-state index contributed by atoms with van der Waals surface area (Å²) in [6.45, 7) is 6.00. The van der Waals surface area contributed by atoms with Crippen LogP contribution in [0.15, 0.2) is 65.8 Å². The van der Waals surface area contributed by atoms with Crippen LogP contribution in [0.25, 0.3) is 22.3 Å². The number of para-hydroxylation sites is 2. The second kappa shape index (κ2) is 8.09. The average Bonchev–Trinajstić information content (AvgIpc) is 3.37. The van der Waals surface area contributed by atoms with E-state index in [-0.39, 0.29) is 16.6 Å². The number of nitriles is 1. The van der Waals surface area contributed by atoms with Crippen LogP contribution in [0.2, 0.25) is 0 Å². The molecule has 0 fully saturated rings. The molecule has 2 heterocycles. The zero-order valence-corrected chi connectivity index (χ0v) is 17.7. The van der Waals surface area contributed by atoms with Crippen molar-refractivity contribution in [2.24, 2.45) is 0 Å². The zero-order chi connectivity index (χ0) is 21.3. The molecule has 30 heavy (non-hydrogen) atoms. The Balaban J connectivity index is 1.65. The van der Waals surface area contributed by atoms with Gasteiger partial charge in [-0.2, -0.15) is 5.26 Å². The number of allylic oxidation sites excluding steroid dienone is 1. The van der Waals surface area contributed by atoms with E-state index < -0.39 is 0 Å². The number of hydrogen-bond acceptors (Lipinski definition) is 5. The number of aromatic nitrogens is 4. The molecule has 6 nitrogen and oxygen atoms in total. The molecule has 0 aliphatic rings. The monoisotopic (exact) mass is 415 g/mol. The van der Waals surface area contributed by atoms with Gasteiger partial charge in [-0.05, 0) is 56.2 Å². The molecule has 0 saturated carbocycles. The van der Waals surface area contributed by atoms with Crippen LogP contribution in [0.1, 0.15) is 23.9 Å². The van der Waals surface area contributed by atoms with Crippen molar-refractivity contribution in [3.05, 3.63) is 77.6 Å². The maximum absolute atomic E-state index is 10.8. The van der Waals surface area contributed by atoms with Crippen LogP contribution in [0.5, 0.6) is 0 Å². The van der Waals surface area contributed by atoms with Crippen molar-refractivity contribution in [3.63, 3.8) is 0 Å². The molecule has 4 rings (SSSR count). The highest BCUT2D eigenvalue weighted by Gasteiger charge is 2.21. The first-order chi connectivity index (χ1) is 14.5. The van der Waals surface area contributed by atoms with Crippen LogP contribution >= 0.6 is 11.8 Å². The maximum Gasteiger partial charge on any atom is 0.173 e. The third-order valence-electron chi connectivity index (χ3n) is 5.04. The highest BCUT2D eigenvalue weighted by molar-refractivity contribution is 7.99. The summed E-state index contributed by atoms with van der Waals surface area (Å²) in [5.41, 5.74) is 5.13. The number of aliphatic hydroxyl groups excluding tert-OH is 1. The minimum atomic E-state index is -0.388. The Bertz CT molecular complexity index is 1260. The smallest absolute Gasteiger partial charge is 0.173 e. The number of aromatic amines is 1. The quantitative estimate of drug-likeness (QED) is 0.261. The van der Waals surface area contributed by atoms with Gasteiger partial charge in [0.2, 0.25) is 0 Å². The molecular formula is C23H21N5OS. The number of hydrogen-bond donors (Lipinski definition) is 2. The molecule has 2 N–H and O–H groups in total. The zero-order valence-electron chi connectivity index (χ0n) is 16.9. The Kier molecular flexibility index (Phi) is 5.34. The van der Waals surface area contributed by atoms with E-state index in [1.54, 1.807) is 6.20 Å². The lowest BCUT2D eigenvalue weighted by molar-refractivity contribution is 0.401. The Hall–Kier alpha value is -3.50. The van der Waals surface area contributed by atoms with Crippen LogP contribution in [0.3, 0.4) is 0 Å². The van der Waals surface area contributed by atoms with Crippen LogP contribution in [0.4, 0.5) is 0 Å². The van der Waals surface area contributed by atoms with Crippen molar-refractivity contribution in [2.45, 2.75) is 31.2 Å². The molecule has 0 saturated heterocycles. The molecule has 1 unspecified atom stereocenters. The molecule has 0 spiro atoms. The SMILES string of the molecule is Cc1ccc(-n2ccnc2SC(C)/C(O)=C(/C#N)c2nc3ccccc3[nH]2)cc1C. The molecule has 2 aromatic carbocycles. The number of fused-ring (bicyclic) bond motifs is 1. The molecule has 4 aromatic rings. The third-order valence-corrected chi connectivity index (χ3v) is 6.13. The summed E-state index contributed by atoms with van der Waals surface area (Å²) in [5.74, 6) is 0.331. The summed E-state index contributed by atoms with van der Waals surface area (Å²) in [6, 6.07) is 15.8. The third kappa shape index (κ3) is 3.70. The topological polar surface area (TPSA) is 90.5 Å². The van der Waals surface area contributed by atoms with Gasteiger partial charge in [-0.3, -0.25) is 4.57 Å². The van der Waals surface area contributed by atoms with E-state index in [0.717, 1.165) is 21.9 Å². The lowest BCUT2D eigenvalue weighted by atomic mass is 10.1. The minimum absolute atomic E-state index is 0.0313. The Morgan fingerprint density at radius 2 is 2.00 bits per heavy atom. The van der Waals surface area contributed by atoms with E-state index in [4.69, 9.17) is 0 Å². The molecular weight excluding hydrogens is 394 g/mol. The highest BCUT2D eigenvalue weighted by Crippen LogP contribution is 2.31. The largest absolute Gasteiger partial charge is 0.510 e. The lowest BCUT2D eigenvalue weighted by Gasteiger charge is -2.14. The fourth-order valence-electron chi connectivity index (χ4n) is 3.17. The molecule has 0 aliphatic carbocycles. The first-order valence-corrected chi connectivity index (χ1v) is 10.4. The summed E-state index contributed by atoms with van der Waals surface area (Å²) in [5, 5.41) is 20.9. The van der Waals surface area contributed by atoms with Gasteiger partial charge in [0.15, 0.2) is 11.0 Å². The van der Waals surface area contributed by atoms with E-state index in [1.165, 1.54) is 22.9 Å². The van der Waals surface area contributed by atoms with Gasteiger partial charge < -0.3 is 10.1 Å². The first-order valence-electron chi connectivity index (χ1n) is 9.54. The number of aryl methyl sites for hydroxylation is 2. The summed E-state index contributed by atoms with van der Waals surface area (Å²) in [7, 11) is 0. The summed E-state index contributed by atoms with van der Waals surface area (Å²) in [4.78, 5) is 12.0. The number of nitrogens with zero attached hydrogens (tertiary/aromatic N) is 4. The van der Waals surface area contributed by atoms with E-state index in [2.05, 4.69) is 47.0 Å². The van der Waals surface area contributed by atoms with Crippen molar-refractivity contribution >= 4 is 28.4 Å². The van der Waals surface area contributed by atoms with E-state index in [1.807, 2.05) is 48.0 Å². The van der Waals surface area contributed by atoms with Crippen LogP contribution < -0.4 is 0 Å². The Morgan fingerprint density at radius 3 is 2.73 bits per heavy atom. The van der Waals surface area contributed by atoms with Crippen LogP contribution in [0, 0.1) is 25.2 Å². The molecule has 0 amide bonds. The number of benzene rings is 2. The van der Waals surface area contributed by atoms with Gasteiger partial charge in [-0.25, -0.2) is 9.97 Å². The maximum atomic E-state index is 10.8. The standard InChI is InChI=1S/C23H21N5OS/c1-14-8-9-17(12-15(14)2)28-11-10-25-23(28)30-16(3)21(29)18(13-24)22-26-19-6-4-5-7-20(19)27-22/h4-12,16,29H,1-3H3,(H,26,27)/b21-18+. The minimum Gasteiger partial charge on any atom is -0.510 e. The lowest BCUT2D eigenvalue weighted by Crippen LogP contribution is -2.07. The van der Waals surface area contributed by atoms with Crippen LogP contribution in [-0.2, 0) is 0 Å². The summed E-state index contributed by atoms with van der Waals surface area (Å²) < 4.78 is 1.98. The van der Waals surface area contributed by atoms with Crippen molar-refractivity contribution < 1.29 is 5.11 Å². The predicted molar refractivity (Wildman–Crippen MR) is 120 cm³/mol. The Labute approximate surface area is 178 Å². The van der Waals surface area contributed by atoms with Gasteiger partial charge in [-0.15, -0.1) is 0 Å². The summed E-state index contributed by atoms with van der Waals surface area (Å²) in [6.07, 6.45) is 3.62. The number of H-pyrrole nitrogens is 1. The van der Waals surface area contributed by atoms with Crippen LogP contribution in [-0.4, -0.2) is 29.9 Å². The van der Waals surface area contributed by atoms with E-state index in [0.29, 0.717) is 5.82 Å². The van der Waals surface area contributed by atoms with Gasteiger partial charge in [0.25, 0.3) is 0 Å². The van der Waals surface area contributed by atoms with E-state index >= 15 is 0 Å². The average molecular weight is 416 g/mol. The van der Waals surface area contributed by atoms with Crippen molar-refractivity contribution in [1.29, 1.82) is 5.26 Å². The van der Waals surface area contributed by atoms with Gasteiger partial charge in [0.1, 0.15) is 17.4 Å². The van der Waals surface area contributed by atoms with Gasteiger partial charge in [0, 0.05) is 18.1 Å². The number of imidazole rings is 2. The van der Waals surface area contributed by atoms with E-state index in [9.17, 15) is 10.4 Å². The number of nitrogens with one attached hydrogen (secondary N) is 1. The predicted octanol–water partition coefficient (Wildman–Crippen LogP) is 5.34. The van der Waals surface area contributed by atoms with Crippen molar-refractivity contribution in [3.8, 4) is 11.8 Å². The molecule has 0 aliphatic heterocycles.